The summed E-state index contributed by atoms with van der Waals surface area (Å²) in [6.45, 7) is 4.96. The van der Waals surface area contributed by atoms with Gasteiger partial charge in [-0.3, -0.25) is 4.79 Å². The zero-order valence-electron chi connectivity index (χ0n) is 21.8. The number of anilines is 3. The van der Waals surface area contributed by atoms with Crippen LogP contribution in [0.2, 0.25) is 0 Å². The van der Waals surface area contributed by atoms with E-state index in [9.17, 15) is 9.59 Å². The summed E-state index contributed by atoms with van der Waals surface area (Å²) in [5.74, 6) is 1.74. The van der Waals surface area contributed by atoms with Gasteiger partial charge in [0.1, 0.15) is 23.6 Å². The van der Waals surface area contributed by atoms with Crippen LogP contribution in [-0.2, 0) is 6.42 Å². The number of para-hydroxylation sites is 1. The Kier molecular flexibility index (Phi) is 6.35. The van der Waals surface area contributed by atoms with E-state index in [4.69, 9.17) is 4.74 Å². The normalized spacial score (nSPS) is 19.5. The number of nitrogens with one attached hydrogen (secondary N) is 1. The Morgan fingerprint density at radius 1 is 1.05 bits per heavy atom. The first-order valence-electron chi connectivity index (χ1n) is 13.2. The maximum absolute atomic E-state index is 13.4. The lowest BCUT2D eigenvalue weighted by Gasteiger charge is -2.38. The monoisotopic (exact) mass is 512 g/mol. The lowest BCUT2D eigenvalue weighted by Crippen LogP contribution is -2.49. The fourth-order valence-electron chi connectivity index (χ4n) is 5.90. The van der Waals surface area contributed by atoms with Crippen molar-refractivity contribution in [1.82, 2.24) is 14.9 Å². The maximum atomic E-state index is 13.4. The second-order valence-electron chi connectivity index (χ2n) is 10.3. The zero-order valence-corrected chi connectivity index (χ0v) is 21.8. The molecule has 1 N–H and O–H groups in total. The van der Waals surface area contributed by atoms with Gasteiger partial charge in [0.05, 0.1) is 7.11 Å². The molecule has 3 aliphatic heterocycles. The summed E-state index contributed by atoms with van der Waals surface area (Å²) in [5, 5.41) is 3.08. The van der Waals surface area contributed by atoms with Gasteiger partial charge in [0.2, 0.25) is 0 Å². The van der Waals surface area contributed by atoms with Crippen LogP contribution in [0.1, 0.15) is 47.3 Å². The molecular weight excluding hydrogens is 480 g/mol. The number of ether oxygens (including phenoxy) is 1. The van der Waals surface area contributed by atoms with Crippen molar-refractivity contribution in [3.63, 3.8) is 0 Å². The topological polar surface area (TPSA) is 90.9 Å². The van der Waals surface area contributed by atoms with Gasteiger partial charge in [-0.1, -0.05) is 25.1 Å². The lowest BCUT2D eigenvalue weighted by molar-refractivity contribution is 0.0983. The van der Waals surface area contributed by atoms with E-state index in [1.165, 1.54) is 11.9 Å². The molecule has 196 valence electrons. The minimum absolute atomic E-state index is 0.0533. The number of urea groups is 1. The number of benzene rings is 2. The molecule has 6 rings (SSSR count). The highest BCUT2D eigenvalue weighted by Gasteiger charge is 2.33. The van der Waals surface area contributed by atoms with Crippen LogP contribution < -0.4 is 19.9 Å². The van der Waals surface area contributed by atoms with Gasteiger partial charge >= 0.3 is 6.03 Å². The predicted octanol–water partition coefficient (Wildman–Crippen LogP) is 4.31. The van der Waals surface area contributed by atoms with Gasteiger partial charge < -0.3 is 24.8 Å². The van der Waals surface area contributed by atoms with E-state index in [1.807, 2.05) is 46.2 Å². The number of methoxy groups -OCH3 is 1. The summed E-state index contributed by atoms with van der Waals surface area (Å²) in [6, 6.07) is 15.7. The summed E-state index contributed by atoms with van der Waals surface area (Å²) in [7, 11) is 1.65. The van der Waals surface area contributed by atoms with Crippen molar-refractivity contribution in [3.8, 4) is 5.75 Å². The Hall–Kier alpha value is -4.14. The van der Waals surface area contributed by atoms with Gasteiger partial charge in [-0.15, -0.1) is 0 Å². The van der Waals surface area contributed by atoms with E-state index in [-0.39, 0.29) is 18.0 Å². The van der Waals surface area contributed by atoms with Crippen molar-refractivity contribution in [1.29, 1.82) is 0 Å². The van der Waals surface area contributed by atoms with Crippen molar-refractivity contribution in [3.05, 3.63) is 71.7 Å². The van der Waals surface area contributed by atoms with Gasteiger partial charge in [-0.05, 0) is 54.7 Å². The van der Waals surface area contributed by atoms with Crippen LogP contribution in [0.3, 0.4) is 0 Å². The Morgan fingerprint density at radius 2 is 1.87 bits per heavy atom. The summed E-state index contributed by atoms with van der Waals surface area (Å²) >= 11 is 0. The van der Waals surface area contributed by atoms with Crippen LogP contribution >= 0.6 is 0 Å². The van der Waals surface area contributed by atoms with Crippen LogP contribution in [0.15, 0.2) is 54.9 Å². The molecule has 0 aliphatic carbocycles. The highest BCUT2D eigenvalue weighted by molar-refractivity contribution is 6.06. The zero-order chi connectivity index (χ0) is 26.2. The number of carbonyl (C=O) groups excluding carboxylic acids is 2. The molecule has 1 aromatic heterocycles. The Bertz CT molecular complexity index is 1370. The molecule has 4 heterocycles. The standard InChI is InChI=1S/C29H32N6O3/c1-19-17-35(26-6-4-3-5-23(19)26)28(36)25-16-27(31-18-30-25)33-12-10-21(11-13-33)34-14-9-20-15-22(38-2)7-8-24(20)32-29(34)37/h3-8,15-16,18-19,21H,9-14,17H2,1-2H3,(H,32,37). The second kappa shape index (κ2) is 9.96. The molecule has 1 fully saturated rings. The van der Waals surface area contributed by atoms with E-state index in [0.717, 1.165) is 60.9 Å². The summed E-state index contributed by atoms with van der Waals surface area (Å²) in [4.78, 5) is 41.2. The van der Waals surface area contributed by atoms with E-state index >= 15 is 0 Å². The molecule has 9 heteroatoms. The minimum Gasteiger partial charge on any atom is -0.497 e. The number of rotatable bonds is 4. The largest absolute Gasteiger partial charge is 0.497 e. The molecule has 1 unspecified atom stereocenters. The highest BCUT2D eigenvalue weighted by Crippen LogP contribution is 2.36. The molecule has 3 aromatic rings. The van der Waals surface area contributed by atoms with Crippen molar-refractivity contribution in [2.75, 3.05) is 48.4 Å². The molecule has 0 radical (unpaired) electrons. The Labute approximate surface area is 222 Å². The molecule has 1 saturated heterocycles. The highest BCUT2D eigenvalue weighted by atomic mass is 16.5. The van der Waals surface area contributed by atoms with Crippen LogP contribution in [0.4, 0.5) is 22.0 Å². The SMILES string of the molecule is COc1ccc2c(c1)CCN(C1CCN(c3cc(C(=O)N4CC(C)c5ccccc54)ncn3)CC1)C(=O)N2. The maximum Gasteiger partial charge on any atom is 0.322 e. The second-order valence-corrected chi connectivity index (χ2v) is 10.3. The molecule has 9 nitrogen and oxygen atoms in total. The lowest BCUT2D eigenvalue weighted by atomic mass is 10.0. The van der Waals surface area contributed by atoms with Crippen LogP contribution in [0, 0.1) is 0 Å². The number of carbonyl (C=O) groups is 2. The summed E-state index contributed by atoms with van der Waals surface area (Å²) < 4.78 is 5.35. The summed E-state index contributed by atoms with van der Waals surface area (Å²) in [5.41, 5.74) is 4.50. The molecule has 1 atom stereocenters. The average Bonchev–Trinajstić information content (AvgIpc) is 3.20. The van der Waals surface area contributed by atoms with Crippen molar-refractivity contribution >= 4 is 29.1 Å². The number of piperidine rings is 1. The number of nitrogens with zero attached hydrogens (tertiary/aromatic N) is 5. The third-order valence-electron chi connectivity index (χ3n) is 8.00. The van der Waals surface area contributed by atoms with Crippen LogP contribution in [-0.4, -0.2) is 66.1 Å². The van der Waals surface area contributed by atoms with E-state index in [1.54, 1.807) is 13.2 Å². The minimum atomic E-state index is -0.0993. The molecule has 0 spiro atoms. The number of hydrogen-bond acceptors (Lipinski definition) is 6. The molecular formula is C29H32N6O3. The van der Waals surface area contributed by atoms with Crippen LogP contribution in [0.5, 0.6) is 5.75 Å². The Balaban J connectivity index is 1.11. The quantitative estimate of drug-likeness (QED) is 0.560. The van der Waals surface area contributed by atoms with E-state index in [2.05, 4.69) is 33.2 Å². The van der Waals surface area contributed by atoms with Gasteiger partial charge in [0, 0.05) is 55.6 Å². The molecule has 38 heavy (non-hydrogen) atoms. The molecule has 3 aliphatic rings. The van der Waals surface area contributed by atoms with Crippen LogP contribution in [0.25, 0.3) is 0 Å². The molecule has 0 bridgehead atoms. The first-order chi connectivity index (χ1) is 18.5. The van der Waals surface area contributed by atoms with Gasteiger partial charge in [-0.25, -0.2) is 14.8 Å². The number of aromatic nitrogens is 2. The molecule has 3 amide bonds. The van der Waals surface area contributed by atoms with E-state index in [0.29, 0.717) is 24.7 Å². The van der Waals surface area contributed by atoms with Crippen molar-refractivity contribution in [2.45, 2.75) is 38.1 Å². The first-order valence-corrected chi connectivity index (χ1v) is 13.2. The van der Waals surface area contributed by atoms with Crippen molar-refractivity contribution in [2.24, 2.45) is 0 Å². The first kappa shape index (κ1) is 24.2. The fourth-order valence-corrected chi connectivity index (χ4v) is 5.90. The third-order valence-corrected chi connectivity index (χ3v) is 8.00. The fraction of sp³-hybridized carbons (Fsp3) is 0.379. The Morgan fingerprint density at radius 3 is 2.68 bits per heavy atom. The van der Waals surface area contributed by atoms with Gasteiger partial charge in [0.15, 0.2) is 0 Å². The number of hydrogen-bond donors (Lipinski definition) is 1. The number of fused-ring (bicyclic) bond motifs is 2. The molecule has 2 aromatic carbocycles. The van der Waals surface area contributed by atoms with Crippen molar-refractivity contribution < 1.29 is 14.3 Å². The van der Waals surface area contributed by atoms with Gasteiger partial charge in [0.25, 0.3) is 5.91 Å². The van der Waals surface area contributed by atoms with Gasteiger partial charge in [-0.2, -0.15) is 0 Å². The average molecular weight is 513 g/mol. The number of amides is 3. The summed E-state index contributed by atoms with van der Waals surface area (Å²) in [6.07, 6.45) is 3.92. The predicted molar refractivity (Wildman–Crippen MR) is 146 cm³/mol. The smallest absolute Gasteiger partial charge is 0.322 e. The van der Waals surface area contributed by atoms with E-state index < -0.39 is 0 Å². The third kappa shape index (κ3) is 4.42. The molecule has 0 saturated carbocycles.